The predicted octanol–water partition coefficient (Wildman–Crippen LogP) is 2.41. The molecular weight excluding hydrogens is 337 g/mol. The van der Waals surface area contributed by atoms with Crippen molar-refractivity contribution in [1.29, 1.82) is 0 Å². The molecule has 0 aromatic heterocycles. The second kappa shape index (κ2) is 6.33. The maximum atomic E-state index is 14.4. The number of amides is 1. The van der Waals surface area contributed by atoms with Gasteiger partial charge in [0.25, 0.3) is 0 Å². The lowest BCUT2D eigenvalue weighted by atomic mass is 9.73. The molecule has 1 atom stereocenters. The van der Waals surface area contributed by atoms with E-state index in [1.54, 1.807) is 12.1 Å². The third kappa shape index (κ3) is 2.78. The molecule has 2 aliphatic rings. The summed E-state index contributed by atoms with van der Waals surface area (Å²) in [5, 5.41) is 9.54. The van der Waals surface area contributed by atoms with Crippen LogP contribution < -0.4 is 0 Å². The molecule has 0 bridgehead atoms. The van der Waals surface area contributed by atoms with Gasteiger partial charge >= 0.3 is 5.97 Å². The zero-order valence-corrected chi connectivity index (χ0v) is 13.9. The van der Waals surface area contributed by atoms with Crippen LogP contribution in [-0.4, -0.2) is 53.9 Å². The summed E-state index contributed by atoms with van der Waals surface area (Å²) in [4.78, 5) is 25.7. The lowest BCUT2D eigenvalue weighted by Crippen LogP contribution is -2.50. The highest BCUT2D eigenvalue weighted by molar-refractivity contribution is 6.31. The number of likely N-dealkylation sites (tertiary alicyclic amines) is 1. The van der Waals surface area contributed by atoms with E-state index in [0.717, 1.165) is 0 Å². The van der Waals surface area contributed by atoms with Crippen LogP contribution in [-0.2, 0) is 19.7 Å². The van der Waals surface area contributed by atoms with Crippen LogP contribution in [0.5, 0.6) is 0 Å². The Bertz CT molecular complexity index is 662. The number of nitrogens with zero attached hydrogens (tertiary/aromatic N) is 1. The lowest BCUT2D eigenvalue weighted by molar-refractivity contribution is -0.151. The Morgan fingerprint density at radius 2 is 1.88 bits per heavy atom. The fourth-order valence-electron chi connectivity index (χ4n) is 3.59. The second-order valence-corrected chi connectivity index (χ2v) is 6.83. The van der Waals surface area contributed by atoms with Crippen LogP contribution in [0, 0.1) is 0 Å². The fourth-order valence-corrected chi connectivity index (χ4v) is 3.91. The van der Waals surface area contributed by atoms with E-state index in [1.165, 1.54) is 4.90 Å². The number of aliphatic carboxylic acids is 1. The predicted molar refractivity (Wildman–Crippen MR) is 85.9 cm³/mol. The number of carbonyl (C=O) groups excluding carboxylic acids is 1. The zero-order chi connectivity index (χ0) is 17.4. The molecule has 1 N–H and O–H groups in total. The summed E-state index contributed by atoms with van der Waals surface area (Å²) < 4.78 is 19.8. The van der Waals surface area contributed by atoms with Crippen molar-refractivity contribution >= 4 is 23.5 Å². The standard InChI is InChI=1S/C17H19ClFNO4/c18-13-4-2-1-3-12(13)16(6-9-24-10-7-16)14(21)20-8-5-17(19,11-20)15(22)23/h1-4H,5-11H2,(H,22,23). The summed E-state index contributed by atoms with van der Waals surface area (Å²) in [6, 6.07) is 7.13. The average molecular weight is 356 g/mol. The highest BCUT2D eigenvalue weighted by atomic mass is 35.5. The Kier molecular flexibility index (Phi) is 4.53. The van der Waals surface area contributed by atoms with E-state index in [0.29, 0.717) is 36.6 Å². The number of carboxylic acid groups (broad SMARTS) is 1. The Hall–Kier alpha value is -1.66. The molecule has 3 rings (SSSR count). The van der Waals surface area contributed by atoms with Gasteiger partial charge in [-0.2, -0.15) is 0 Å². The molecule has 5 nitrogen and oxygen atoms in total. The molecule has 0 radical (unpaired) electrons. The number of rotatable bonds is 3. The molecule has 2 saturated heterocycles. The summed E-state index contributed by atoms with van der Waals surface area (Å²) in [5.41, 5.74) is -2.56. The Labute approximate surface area is 144 Å². The van der Waals surface area contributed by atoms with E-state index >= 15 is 0 Å². The number of hydrogen-bond donors (Lipinski definition) is 1. The van der Waals surface area contributed by atoms with E-state index in [1.807, 2.05) is 12.1 Å². The highest BCUT2D eigenvalue weighted by Gasteiger charge is 2.52. The number of carbonyl (C=O) groups is 2. The van der Waals surface area contributed by atoms with E-state index in [2.05, 4.69) is 0 Å². The molecule has 0 saturated carbocycles. The van der Waals surface area contributed by atoms with E-state index < -0.39 is 23.6 Å². The van der Waals surface area contributed by atoms with Gasteiger partial charge in [0.1, 0.15) is 0 Å². The van der Waals surface area contributed by atoms with Crippen LogP contribution in [0.25, 0.3) is 0 Å². The molecule has 1 aromatic carbocycles. The summed E-state index contributed by atoms with van der Waals surface area (Å²) in [7, 11) is 0. The number of alkyl halides is 1. The molecule has 1 aromatic rings. The monoisotopic (exact) mass is 355 g/mol. The van der Waals surface area contributed by atoms with Crippen LogP contribution in [0.1, 0.15) is 24.8 Å². The Balaban J connectivity index is 1.94. The van der Waals surface area contributed by atoms with E-state index in [4.69, 9.17) is 21.4 Å². The van der Waals surface area contributed by atoms with Crippen molar-refractivity contribution in [2.45, 2.75) is 30.3 Å². The van der Waals surface area contributed by atoms with Crippen molar-refractivity contribution in [3.8, 4) is 0 Å². The smallest absolute Gasteiger partial charge is 0.343 e. The van der Waals surface area contributed by atoms with Gasteiger partial charge in [-0.05, 0) is 24.5 Å². The number of benzene rings is 1. The van der Waals surface area contributed by atoms with Crippen molar-refractivity contribution in [3.63, 3.8) is 0 Å². The molecule has 0 spiro atoms. The molecule has 24 heavy (non-hydrogen) atoms. The van der Waals surface area contributed by atoms with Crippen molar-refractivity contribution in [1.82, 2.24) is 4.90 Å². The minimum atomic E-state index is -2.37. The number of halogens is 2. The van der Waals surface area contributed by atoms with Crippen molar-refractivity contribution in [3.05, 3.63) is 34.9 Å². The molecule has 2 fully saturated rings. The first-order chi connectivity index (χ1) is 11.4. The van der Waals surface area contributed by atoms with Crippen LogP contribution in [0.4, 0.5) is 4.39 Å². The fraction of sp³-hybridized carbons (Fsp3) is 0.529. The molecule has 130 valence electrons. The Morgan fingerprint density at radius 3 is 2.46 bits per heavy atom. The Morgan fingerprint density at radius 1 is 1.21 bits per heavy atom. The minimum absolute atomic E-state index is 0.0920. The molecule has 7 heteroatoms. The lowest BCUT2D eigenvalue weighted by Gasteiger charge is -2.39. The summed E-state index contributed by atoms with van der Waals surface area (Å²) in [6.45, 7) is 0.484. The van der Waals surface area contributed by atoms with Gasteiger partial charge in [0, 0.05) is 31.2 Å². The first-order valence-electron chi connectivity index (χ1n) is 7.93. The third-order valence-electron chi connectivity index (χ3n) is 5.04. The van der Waals surface area contributed by atoms with E-state index in [-0.39, 0.29) is 18.9 Å². The minimum Gasteiger partial charge on any atom is -0.479 e. The topological polar surface area (TPSA) is 66.8 Å². The molecule has 2 heterocycles. The summed E-state index contributed by atoms with van der Waals surface area (Å²) in [6.07, 6.45) is 0.694. The normalized spacial score (nSPS) is 26.3. The summed E-state index contributed by atoms with van der Waals surface area (Å²) >= 11 is 6.32. The first kappa shape index (κ1) is 17.2. The van der Waals surface area contributed by atoms with Gasteiger partial charge in [-0.3, -0.25) is 4.79 Å². The highest BCUT2D eigenvalue weighted by Crippen LogP contribution is 2.41. The molecule has 2 aliphatic heterocycles. The molecule has 1 amide bonds. The van der Waals surface area contributed by atoms with Crippen LogP contribution in [0.15, 0.2) is 24.3 Å². The number of hydrogen-bond acceptors (Lipinski definition) is 3. The van der Waals surface area contributed by atoms with Crippen LogP contribution >= 0.6 is 11.6 Å². The summed E-state index contributed by atoms with van der Waals surface area (Å²) in [5.74, 6) is -1.78. The van der Waals surface area contributed by atoms with Crippen molar-refractivity contribution in [2.24, 2.45) is 0 Å². The molecule has 1 unspecified atom stereocenters. The van der Waals surface area contributed by atoms with Gasteiger partial charge in [-0.25, -0.2) is 9.18 Å². The number of ether oxygens (including phenoxy) is 1. The van der Waals surface area contributed by atoms with Crippen LogP contribution in [0.2, 0.25) is 5.02 Å². The van der Waals surface area contributed by atoms with Gasteiger partial charge < -0.3 is 14.7 Å². The number of carboxylic acids is 1. The largest absolute Gasteiger partial charge is 0.479 e. The molecular formula is C17H19ClFNO4. The van der Waals surface area contributed by atoms with Gasteiger partial charge in [-0.1, -0.05) is 29.8 Å². The van der Waals surface area contributed by atoms with Gasteiger partial charge in [0.15, 0.2) is 0 Å². The quantitative estimate of drug-likeness (QED) is 0.904. The SMILES string of the molecule is O=C(O)C1(F)CCN(C(=O)C2(c3ccccc3Cl)CCOCC2)C1. The van der Waals surface area contributed by atoms with Crippen molar-refractivity contribution in [2.75, 3.05) is 26.3 Å². The maximum absolute atomic E-state index is 14.4. The van der Waals surface area contributed by atoms with Crippen LogP contribution in [0.3, 0.4) is 0 Å². The zero-order valence-electron chi connectivity index (χ0n) is 13.1. The first-order valence-corrected chi connectivity index (χ1v) is 8.31. The maximum Gasteiger partial charge on any atom is 0.343 e. The third-order valence-corrected chi connectivity index (χ3v) is 5.36. The molecule has 0 aliphatic carbocycles. The van der Waals surface area contributed by atoms with Gasteiger partial charge in [0.2, 0.25) is 11.6 Å². The van der Waals surface area contributed by atoms with Crippen molar-refractivity contribution < 1.29 is 23.8 Å². The average Bonchev–Trinajstić information content (AvgIpc) is 2.99. The second-order valence-electron chi connectivity index (χ2n) is 6.42. The van der Waals surface area contributed by atoms with E-state index in [9.17, 15) is 14.0 Å². The van der Waals surface area contributed by atoms with Gasteiger partial charge in [-0.15, -0.1) is 0 Å². The van der Waals surface area contributed by atoms with Gasteiger partial charge in [0.05, 0.1) is 12.0 Å².